The summed E-state index contributed by atoms with van der Waals surface area (Å²) in [6, 6.07) is 15.5. The van der Waals surface area contributed by atoms with Crippen molar-refractivity contribution in [3.05, 3.63) is 54.2 Å². The molecule has 0 radical (unpaired) electrons. The van der Waals surface area contributed by atoms with E-state index in [1.165, 1.54) is 44.1 Å². The van der Waals surface area contributed by atoms with Crippen LogP contribution >= 0.6 is 0 Å². The maximum atomic E-state index is 4.54. The van der Waals surface area contributed by atoms with E-state index >= 15 is 0 Å². The average Bonchev–Trinajstić information content (AvgIpc) is 2.55. The summed E-state index contributed by atoms with van der Waals surface area (Å²) < 4.78 is 0. The van der Waals surface area contributed by atoms with Gasteiger partial charge in [-0.15, -0.1) is 0 Å². The normalized spacial score (nSPS) is 35.7. The zero-order chi connectivity index (χ0) is 14.6. The molecular formula is C21H23N. The number of hydrogen-bond acceptors (Lipinski definition) is 1. The van der Waals surface area contributed by atoms with Gasteiger partial charge in [0.2, 0.25) is 0 Å². The van der Waals surface area contributed by atoms with Gasteiger partial charge in [-0.25, -0.2) is 0 Å². The van der Waals surface area contributed by atoms with Crippen molar-refractivity contribution in [3.63, 3.8) is 0 Å². The first kappa shape index (κ1) is 12.9. The van der Waals surface area contributed by atoms with Crippen LogP contribution in [-0.4, -0.2) is 4.98 Å². The minimum Gasteiger partial charge on any atom is -0.256 e. The van der Waals surface area contributed by atoms with E-state index < -0.39 is 0 Å². The van der Waals surface area contributed by atoms with Crippen LogP contribution in [0.4, 0.5) is 0 Å². The van der Waals surface area contributed by atoms with E-state index in [0.717, 1.165) is 23.4 Å². The summed E-state index contributed by atoms with van der Waals surface area (Å²) in [6.07, 6.45) is 10.7. The van der Waals surface area contributed by atoms with E-state index in [4.69, 9.17) is 0 Å². The third-order valence-corrected chi connectivity index (χ3v) is 6.47. The molecule has 1 heteroatoms. The molecule has 0 saturated heterocycles. The van der Waals surface area contributed by atoms with Gasteiger partial charge in [0.15, 0.2) is 0 Å². The zero-order valence-corrected chi connectivity index (χ0v) is 13.0. The van der Waals surface area contributed by atoms with Crippen molar-refractivity contribution < 1.29 is 0 Å². The monoisotopic (exact) mass is 289 g/mol. The lowest BCUT2D eigenvalue weighted by molar-refractivity contribution is -0.00516. The molecule has 1 aromatic heterocycles. The molecule has 22 heavy (non-hydrogen) atoms. The Morgan fingerprint density at radius 2 is 1.55 bits per heavy atom. The third kappa shape index (κ3) is 1.95. The lowest BCUT2D eigenvalue weighted by Crippen LogP contribution is -2.48. The lowest BCUT2D eigenvalue weighted by atomic mass is 9.48. The molecule has 0 atom stereocenters. The van der Waals surface area contributed by atoms with E-state index in [2.05, 4.69) is 41.4 Å². The Bertz CT molecular complexity index is 653. The van der Waals surface area contributed by atoms with Gasteiger partial charge in [0.1, 0.15) is 0 Å². The Labute approximate surface area is 132 Å². The molecule has 2 aromatic rings. The Balaban J connectivity index is 1.56. The van der Waals surface area contributed by atoms with Crippen LogP contribution < -0.4 is 0 Å². The Kier molecular flexibility index (Phi) is 2.74. The largest absolute Gasteiger partial charge is 0.256 e. The molecule has 1 aromatic carbocycles. The summed E-state index contributed by atoms with van der Waals surface area (Å²) in [5.74, 6) is 3.01. The first-order valence-corrected chi connectivity index (χ1v) is 8.83. The molecule has 1 heterocycles. The molecule has 4 aliphatic carbocycles. The molecule has 0 N–H and O–H groups in total. The van der Waals surface area contributed by atoms with Crippen LogP contribution in [0.25, 0.3) is 11.3 Å². The quantitative estimate of drug-likeness (QED) is 0.739. The fraction of sp³-hybridized carbons (Fsp3) is 0.476. The van der Waals surface area contributed by atoms with Crippen molar-refractivity contribution in [1.29, 1.82) is 0 Å². The molecule has 4 aliphatic rings. The van der Waals surface area contributed by atoms with Gasteiger partial charge in [-0.05, 0) is 85.5 Å². The van der Waals surface area contributed by atoms with Crippen LogP contribution in [0, 0.1) is 17.8 Å². The minimum absolute atomic E-state index is 0.486. The minimum atomic E-state index is 0.486. The standard InChI is InChI=1S/C21H23N/c1-2-7-22-20(6-1)18-4-3-5-19(11-18)21-12-15-8-16(13-21)10-17(9-15)14-21/h1-7,11,15-17H,8-10,12-14H2. The molecule has 4 bridgehead atoms. The van der Waals surface area contributed by atoms with E-state index in [1.807, 2.05) is 12.3 Å². The molecule has 0 spiro atoms. The Morgan fingerprint density at radius 3 is 2.18 bits per heavy atom. The number of aromatic nitrogens is 1. The van der Waals surface area contributed by atoms with Gasteiger partial charge in [-0.3, -0.25) is 4.98 Å². The second-order valence-corrected chi connectivity index (χ2v) is 7.99. The van der Waals surface area contributed by atoms with Crippen molar-refractivity contribution in [1.82, 2.24) is 4.98 Å². The molecule has 6 rings (SSSR count). The predicted molar refractivity (Wildman–Crippen MR) is 89.5 cm³/mol. The SMILES string of the molecule is c1ccc(-c2cccc(C34CC5CC(CC(C5)C3)C4)c2)nc1. The highest BCUT2D eigenvalue weighted by atomic mass is 14.7. The molecule has 4 saturated carbocycles. The Morgan fingerprint density at radius 1 is 0.818 bits per heavy atom. The van der Waals surface area contributed by atoms with Crippen LogP contribution in [0.1, 0.15) is 44.1 Å². The van der Waals surface area contributed by atoms with Gasteiger partial charge >= 0.3 is 0 Å². The second kappa shape index (κ2) is 4.68. The molecular weight excluding hydrogens is 266 g/mol. The maximum Gasteiger partial charge on any atom is 0.0702 e. The molecule has 4 fully saturated rings. The summed E-state index contributed by atoms with van der Waals surface area (Å²) in [7, 11) is 0. The van der Waals surface area contributed by atoms with Crippen molar-refractivity contribution in [3.8, 4) is 11.3 Å². The number of nitrogens with zero attached hydrogens (tertiary/aromatic N) is 1. The number of rotatable bonds is 2. The lowest BCUT2D eigenvalue weighted by Gasteiger charge is -2.57. The number of hydrogen-bond donors (Lipinski definition) is 0. The van der Waals surface area contributed by atoms with E-state index in [1.54, 1.807) is 5.56 Å². The molecule has 0 unspecified atom stereocenters. The summed E-state index contributed by atoms with van der Waals surface area (Å²) in [4.78, 5) is 4.54. The van der Waals surface area contributed by atoms with Crippen LogP contribution in [0.2, 0.25) is 0 Å². The molecule has 112 valence electrons. The van der Waals surface area contributed by atoms with Crippen LogP contribution in [0.5, 0.6) is 0 Å². The van der Waals surface area contributed by atoms with Gasteiger partial charge in [0, 0.05) is 11.8 Å². The van der Waals surface area contributed by atoms with Crippen LogP contribution in [-0.2, 0) is 5.41 Å². The van der Waals surface area contributed by atoms with E-state index in [9.17, 15) is 0 Å². The van der Waals surface area contributed by atoms with Crippen molar-refractivity contribution in [2.24, 2.45) is 17.8 Å². The highest BCUT2D eigenvalue weighted by molar-refractivity contribution is 5.60. The number of pyridine rings is 1. The fourth-order valence-corrected chi connectivity index (χ4v) is 6.01. The third-order valence-electron chi connectivity index (χ3n) is 6.47. The summed E-state index contributed by atoms with van der Waals surface area (Å²) >= 11 is 0. The number of benzene rings is 1. The van der Waals surface area contributed by atoms with E-state index in [-0.39, 0.29) is 0 Å². The zero-order valence-electron chi connectivity index (χ0n) is 13.0. The van der Waals surface area contributed by atoms with Crippen LogP contribution in [0.3, 0.4) is 0 Å². The average molecular weight is 289 g/mol. The predicted octanol–water partition coefficient (Wildman–Crippen LogP) is 5.22. The first-order valence-electron chi connectivity index (χ1n) is 8.83. The van der Waals surface area contributed by atoms with Crippen LogP contribution in [0.15, 0.2) is 48.7 Å². The topological polar surface area (TPSA) is 12.9 Å². The van der Waals surface area contributed by atoms with Crippen molar-refractivity contribution in [2.75, 3.05) is 0 Å². The Hall–Kier alpha value is -1.63. The fourth-order valence-electron chi connectivity index (χ4n) is 6.01. The maximum absolute atomic E-state index is 4.54. The van der Waals surface area contributed by atoms with Gasteiger partial charge in [0.25, 0.3) is 0 Å². The highest BCUT2D eigenvalue weighted by Crippen LogP contribution is 2.60. The van der Waals surface area contributed by atoms with Gasteiger partial charge in [-0.1, -0.05) is 24.3 Å². The van der Waals surface area contributed by atoms with Gasteiger partial charge < -0.3 is 0 Å². The molecule has 0 aliphatic heterocycles. The van der Waals surface area contributed by atoms with Gasteiger partial charge in [-0.2, -0.15) is 0 Å². The molecule has 1 nitrogen and oxygen atoms in total. The summed E-state index contributed by atoms with van der Waals surface area (Å²) in [5.41, 5.74) is 4.47. The van der Waals surface area contributed by atoms with Crippen molar-refractivity contribution in [2.45, 2.75) is 43.9 Å². The summed E-state index contributed by atoms with van der Waals surface area (Å²) in [5, 5.41) is 0. The second-order valence-electron chi connectivity index (χ2n) is 7.99. The first-order chi connectivity index (χ1) is 10.8. The van der Waals surface area contributed by atoms with Crippen molar-refractivity contribution >= 4 is 0 Å². The van der Waals surface area contributed by atoms with E-state index in [0.29, 0.717) is 5.41 Å². The highest BCUT2D eigenvalue weighted by Gasteiger charge is 2.51. The summed E-state index contributed by atoms with van der Waals surface area (Å²) in [6.45, 7) is 0. The molecule has 0 amide bonds. The smallest absolute Gasteiger partial charge is 0.0702 e. The van der Waals surface area contributed by atoms with Gasteiger partial charge in [0.05, 0.1) is 5.69 Å².